The highest BCUT2D eigenvalue weighted by Gasteiger charge is 2.09. The van der Waals surface area contributed by atoms with Crippen LogP contribution in [0.4, 0.5) is 0 Å². The first kappa shape index (κ1) is 12.7. The molecule has 15 heavy (non-hydrogen) atoms. The van der Waals surface area contributed by atoms with E-state index in [2.05, 4.69) is 24.8 Å². The molecule has 1 rings (SSSR count). The predicted octanol–water partition coefficient (Wildman–Crippen LogP) is 2.85. The van der Waals surface area contributed by atoms with Crippen molar-refractivity contribution in [2.45, 2.75) is 39.5 Å². The fourth-order valence-electron chi connectivity index (χ4n) is 1.92. The van der Waals surface area contributed by atoms with Crippen LogP contribution in [0.3, 0.4) is 0 Å². The Morgan fingerprint density at radius 1 is 1.27 bits per heavy atom. The van der Waals surface area contributed by atoms with E-state index < -0.39 is 0 Å². The first-order chi connectivity index (χ1) is 7.33. The van der Waals surface area contributed by atoms with Crippen LogP contribution in [0.1, 0.15) is 39.5 Å². The van der Waals surface area contributed by atoms with Crippen molar-refractivity contribution >= 4 is 0 Å². The first-order valence-corrected chi connectivity index (χ1v) is 6.28. The number of allylic oxidation sites excluding steroid dienone is 1. The summed E-state index contributed by atoms with van der Waals surface area (Å²) in [5.74, 6) is 0. The maximum absolute atomic E-state index is 5.33. The van der Waals surface area contributed by atoms with E-state index in [-0.39, 0.29) is 0 Å². The lowest BCUT2D eigenvalue weighted by Crippen LogP contribution is -2.37. The predicted molar refractivity (Wildman–Crippen MR) is 65.2 cm³/mol. The van der Waals surface area contributed by atoms with Gasteiger partial charge >= 0.3 is 0 Å². The second-order valence-electron chi connectivity index (χ2n) is 4.43. The van der Waals surface area contributed by atoms with Crippen LogP contribution in [-0.4, -0.2) is 37.7 Å². The van der Waals surface area contributed by atoms with Gasteiger partial charge in [-0.25, -0.2) is 0 Å². The van der Waals surface area contributed by atoms with Gasteiger partial charge in [-0.3, -0.25) is 4.90 Å². The molecule has 0 bridgehead atoms. The Hall–Kier alpha value is -0.340. The summed E-state index contributed by atoms with van der Waals surface area (Å²) in [5, 5.41) is 0. The Labute approximate surface area is 94.3 Å². The van der Waals surface area contributed by atoms with Gasteiger partial charge in [0.25, 0.3) is 0 Å². The summed E-state index contributed by atoms with van der Waals surface area (Å²) in [6.45, 7) is 9.65. The SMILES string of the molecule is CCCCC/C=C(\C)CN1CCOCC1. The van der Waals surface area contributed by atoms with Crippen LogP contribution in [0.5, 0.6) is 0 Å². The minimum atomic E-state index is 0.906. The van der Waals surface area contributed by atoms with Crippen molar-refractivity contribution in [2.24, 2.45) is 0 Å². The zero-order valence-electron chi connectivity index (χ0n) is 10.3. The summed E-state index contributed by atoms with van der Waals surface area (Å²) >= 11 is 0. The molecule has 0 atom stereocenters. The van der Waals surface area contributed by atoms with Crippen molar-refractivity contribution in [2.75, 3.05) is 32.8 Å². The van der Waals surface area contributed by atoms with Gasteiger partial charge in [-0.1, -0.05) is 31.4 Å². The molecular weight excluding hydrogens is 186 g/mol. The minimum Gasteiger partial charge on any atom is -0.379 e. The molecular formula is C13H25NO. The summed E-state index contributed by atoms with van der Waals surface area (Å²) in [7, 11) is 0. The molecule has 0 aromatic rings. The Kier molecular flexibility index (Phi) is 6.69. The molecule has 0 N–H and O–H groups in total. The van der Waals surface area contributed by atoms with Crippen LogP contribution < -0.4 is 0 Å². The maximum Gasteiger partial charge on any atom is 0.0594 e. The quantitative estimate of drug-likeness (QED) is 0.495. The molecule has 0 aromatic heterocycles. The standard InChI is InChI=1S/C13H25NO/c1-3-4-5-6-7-13(2)12-14-8-10-15-11-9-14/h7H,3-6,8-12H2,1-2H3/b13-7+. The smallest absolute Gasteiger partial charge is 0.0594 e. The molecule has 0 amide bonds. The third-order valence-electron chi connectivity index (χ3n) is 2.88. The number of unbranched alkanes of at least 4 members (excludes halogenated alkanes) is 3. The van der Waals surface area contributed by atoms with Gasteiger partial charge in [-0.15, -0.1) is 0 Å². The van der Waals surface area contributed by atoms with E-state index in [1.54, 1.807) is 0 Å². The minimum absolute atomic E-state index is 0.906. The topological polar surface area (TPSA) is 12.5 Å². The second-order valence-corrected chi connectivity index (χ2v) is 4.43. The number of hydrogen-bond donors (Lipinski definition) is 0. The second kappa shape index (κ2) is 7.89. The number of rotatable bonds is 6. The summed E-state index contributed by atoms with van der Waals surface area (Å²) in [6, 6.07) is 0. The third kappa shape index (κ3) is 5.95. The molecule has 2 nitrogen and oxygen atoms in total. The summed E-state index contributed by atoms with van der Waals surface area (Å²) < 4.78 is 5.33. The van der Waals surface area contributed by atoms with E-state index in [1.807, 2.05) is 0 Å². The largest absolute Gasteiger partial charge is 0.379 e. The Morgan fingerprint density at radius 2 is 2.00 bits per heavy atom. The van der Waals surface area contributed by atoms with E-state index in [4.69, 9.17) is 4.74 Å². The van der Waals surface area contributed by atoms with Crippen molar-refractivity contribution in [1.82, 2.24) is 4.90 Å². The van der Waals surface area contributed by atoms with Gasteiger partial charge in [0.15, 0.2) is 0 Å². The van der Waals surface area contributed by atoms with Gasteiger partial charge in [0.2, 0.25) is 0 Å². The van der Waals surface area contributed by atoms with Gasteiger partial charge in [0.1, 0.15) is 0 Å². The van der Waals surface area contributed by atoms with Crippen LogP contribution in [0.2, 0.25) is 0 Å². The third-order valence-corrected chi connectivity index (χ3v) is 2.88. The molecule has 1 heterocycles. The van der Waals surface area contributed by atoms with Crippen LogP contribution in [-0.2, 0) is 4.74 Å². The molecule has 0 saturated carbocycles. The lowest BCUT2D eigenvalue weighted by Gasteiger charge is -2.26. The van der Waals surface area contributed by atoms with E-state index in [9.17, 15) is 0 Å². The number of hydrogen-bond acceptors (Lipinski definition) is 2. The zero-order chi connectivity index (χ0) is 10.9. The molecule has 0 aliphatic carbocycles. The van der Waals surface area contributed by atoms with E-state index in [0.29, 0.717) is 0 Å². The maximum atomic E-state index is 5.33. The van der Waals surface area contributed by atoms with Crippen molar-refractivity contribution in [3.63, 3.8) is 0 Å². The van der Waals surface area contributed by atoms with Crippen molar-refractivity contribution in [1.29, 1.82) is 0 Å². The van der Waals surface area contributed by atoms with Gasteiger partial charge in [0, 0.05) is 19.6 Å². The highest BCUT2D eigenvalue weighted by molar-refractivity contribution is 5.00. The van der Waals surface area contributed by atoms with Crippen LogP contribution in [0.15, 0.2) is 11.6 Å². The van der Waals surface area contributed by atoms with E-state index in [0.717, 1.165) is 32.8 Å². The van der Waals surface area contributed by atoms with Crippen molar-refractivity contribution in [3.8, 4) is 0 Å². The highest BCUT2D eigenvalue weighted by Crippen LogP contribution is 2.06. The normalized spacial score (nSPS) is 19.5. The van der Waals surface area contributed by atoms with Gasteiger partial charge < -0.3 is 4.74 Å². The van der Waals surface area contributed by atoms with Gasteiger partial charge in [-0.2, -0.15) is 0 Å². The Balaban J connectivity index is 2.12. The molecule has 2 heteroatoms. The molecule has 1 aliphatic heterocycles. The van der Waals surface area contributed by atoms with Crippen LogP contribution in [0.25, 0.3) is 0 Å². The molecule has 0 aromatic carbocycles. The number of morpholine rings is 1. The highest BCUT2D eigenvalue weighted by atomic mass is 16.5. The van der Waals surface area contributed by atoms with E-state index in [1.165, 1.54) is 31.3 Å². The molecule has 88 valence electrons. The van der Waals surface area contributed by atoms with Crippen molar-refractivity contribution < 1.29 is 4.74 Å². The Morgan fingerprint density at radius 3 is 2.67 bits per heavy atom. The van der Waals surface area contributed by atoms with Crippen LogP contribution >= 0.6 is 0 Å². The monoisotopic (exact) mass is 211 g/mol. The molecule has 1 aliphatic rings. The van der Waals surface area contributed by atoms with Gasteiger partial charge in [-0.05, 0) is 19.8 Å². The lowest BCUT2D eigenvalue weighted by atomic mass is 10.1. The first-order valence-electron chi connectivity index (χ1n) is 6.28. The number of nitrogens with zero attached hydrogens (tertiary/aromatic N) is 1. The van der Waals surface area contributed by atoms with E-state index >= 15 is 0 Å². The summed E-state index contributed by atoms with van der Waals surface area (Å²) in [5.41, 5.74) is 1.52. The fraction of sp³-hybridized carbons (Fsp3) is 0.846. The fourth-order valence-corrected chi connectivity index (χ4v) is 1.92. The Bertz CT molecular complexity index is 183. The van der Waals surface area contributed by atoms with Crippen molar-refractivity contribution in [3.05, 3.63) is 11.6 Å². The summed E-state index contributed by atoms with van der Waals surface area (Å²) in [6.07, 6.45) is 7.68. The molecule has 1 saturated heterocycles. The molecule has 0 unspecified atom stereocenters. The lowest BCUT2D eigenvalue weighted by molar-refractivity contribution is 0.0422. The molecule has 1 fully saturated rings. The molecule has 0 spiro atoms. The van der Waals surface area contributed by atoms with Crippen LogP contribution in [0, 0.1) is 0 Å². The average Bonchev–Trinajstić information content (AvgIpc) is 2.26. The summed E-state index contributed by atoms with van der Waals surface area (Å²) in [4.78, 5) is 2.48. The molecule has 0 radical (unpaired) electrons. The number of ether oxygens (including phenoxy) is 1. The zero-order valence-corrected chi connectivity index (χ0v) is 10.3. The average molecular weight is 211 g/mol. The van der Waals surface area contributed by atoms with Gasteiger partial charge in [0.05, 0.1) is 13.2 Å².